The van der Waals surface area contributed by atoms with Crippen LogP contribution in [0.25, 0.3) is 0 Å². The van der Waals surface area contributed by atoms with Crippen molar-refractivity contribution in [2.45, 2.75) is 18.4 Å². The van der Waals surface area contributed by atoms with E-state index in [4.69, 9.17) is 0 Å². The molecule has 0 amide bonds. The van der Waals surface area contributed by atoms with Crippen LogP contribution in [0.1, 0.15) is 40.0 Å². The maximum atomic E-state index is 11.2. The van der Waals surface area contributed by atoms with E-state index < -0.39 is 5.97 Å². The number of aromatic nitrogens is 1. The number of nitrogens with one attached hydrogen (secondary N) is 1. The monoisotopic (exact) mass is 292 g/mol. The standard InChI is InChI=1S/C18H16N2O2/c21-18(22)11-7-8-15-14(10-11)12-4-3-5-13(12)17(20-15)16-6-1-2-9-19-16/h1-4,6-10,12-13,17,20H,5H2,(H,21,22)/t12-,13-,17-/m1/s1. The first-order valence-corrected chi connectivity index (χ1v) is 7.45. The van der Waals surface area contributed by atoms with Gasteiger partial charge in [0.05, 0.1) is 17.3 Å². The highest BCUT2D eigenvalue weighted by Gasteiger charge is 2.38. The number of fused-ring (bicyclic) bond motifs is 3. The van der Waals surface area contributed by atoms with Crippen LogP contribution in [0.5, 0.6) is 0 Å². The normalized spacial score (nSPS) is 25.2. The summed E-state index contributed by atoms with van der Waals surface area (Å²) in [5.41, 5.74) is 3.46. The molecule has 22 heavy (non-hydrogen) atoms. The third kappa shape index (κ3) is 1.99. The maximum absolute atomic E-state index is 11.2. The fourth-order valence-corrected chi connectivity index (χ4v) is 3.58. The van der Waals surface area contributed by atoms with Gasteiger partial charge in [-0.05, 0) is 48.2 Å². The van der Waals surface area contributed by atoms with E-state index in [0.717, 1.165) is 23.4 Å². The van der Waals surface area contributed by atoms with Gasteiger partial charge < -0.3 is 10.4 Å². The molecule has 0 unspecified atom stereocenters. The zero-order chi connectivity index (χ0) is 15.1. The number of allylic oxidation sites excluding steroid dienone is 2. The van der Waals surface area contributed by atoms with Crippen LogP contribution in [-0.2, 0) is 0 Å². The zero-order valence-corrected chi connectivity index (χ0v) is 11.9. The largest absolute Gasteiger partial charge is 0.478 e. The molecule has 0 saturated carbocycles. The fraction of sp³-hybridized carbons (Fsp3) is 0.222. The third-order valence-corrected chi connectivity index (χ3v) is 4.62. The molecule has 0 bridgehead atoms. The third-order valence-electron chi connectivity index (χ3n) is 4.62. The molecule has 0 radical (unpaired) electrons. The summed E-state index contributed by atoms with van der Waals surface area (Å²) in [5, 5.41) is 12.8. The van der Waals surface area contributed by atoms with Crippen LogP contribution in [0.15, 0.2) is 54.7 Å². The molecule has 4 rings (SSSR count). The molecule has 4 heteroatoms. The predicted octanol–water partition coefficient (Wildman–Crippen LogP) is 3.61. The van der Waals surface area contributed by atoms with E-state index in [2.05, 4.69) is 22.5 Å². The summed E-state index contributed by atoms with van der Waals surface area (Å²) in [6.45, 7) is 0. The van der Waals surface area contributed by atoms with Crippen molar-refractivity contribution in [3.8, 4) is 0 Å². The summed E-state index contributed by atoms with van der Waals surface area (Å²) < 4.78 is 0. The van der Waals surface area contributed by atoms with Gasteiger partial charge in [-0.15, -0.1) is 0 Å². The second kappa shape index (κ2) is 4.98. The summed E-state index contributed by atoms with van der Waals surface area (Å²) in [7, 11) is 0. The molecule has 2 heterocycles. The highest BCUT2D eigenvalue weighted by atomic mass is 16.4. The molecule has 1 aliphatic heterocycles. The Kier molecular flexibility index (Phi) is 2.96. The number of carboxylic acids is 1. The quantitative estimate of drug-likeness (QED) is 0.830. The second-order valence-electron chi connectivity index (χ2n) is 5.84. The Bertz CT molecular complexity index is 755. The van der Waals surface area contributed by atoms with Gasteiger partial charge in [0, 0.05) is 17.8 Å². The Balaban J connectivity index is 1.79. The Morgan fingerprint density at radius 3 is 2.95 bits per heavy atom. The molecular weight excluding hydrogens is 276 g/mol. The lowest BCUT2D eigenvalue weighted by atomic mass is 9.78. The van der Waals surface area contributed by atoms with Crippen LogP contribution in [0, 0.1) is 5.92 Å². The van der Waals surface area contributed by atoms with E-state index in [1.54, 1.807) is 12.1 Å². The zero-order valence-electron chi connectivity index (χ0n) is 11.9. The molecule has 2 N–H and O–H groups in total. The van der Waals surface area contributed by atoms with Gasteiger partial charge in [-0.2, -0.15) is 0 Å². The van der Waals surface area contributed by atoms with Crippen LogP contribution >= 0.6 is 0 Å². The minimum Gasteiger partial charge on any atom is -0.478 e. The minimum atomic E-state index is -0.881. The molecule has 2 aromatic rings. The highest BCUT2D eigenvalue weighted by molar-refractivity contribution is 5.89. The van der Waals surface area contributed by atoms with Gasteiger partial charge in [-0.25, -0.2) is 4.79 Å². The summed E-state index contributed by atoms with van der Waals surface area (Å²) >= 11 is 0. The van der Waals surface area contributed by atoms with Crippen LogP contribution in [0.2, 0.25) is 0 Å². The second-order valence-corrected chi connectivity index (χ2v) is 5.84. The summed E-state index contributed by atoms with van der Waals surface area (Å²) in [6, 6.07) is 11.5. The Morgan fingerprint density at radius 2 is 2.18 bits per heavy atom. The van der Waals surface area contributed by atoms with Gasteiger partial charge >= 0.3 is 5.97 Å². The fourth-order valence-electron chi connectivity index (χ4n) is 3.58. The number of carboxylic acid groups (broad SMARTS) is 1. The lowest BCUT2D eigenvalue weighted by molar-refractivity contribution is 0.0696. The molecule has 0 saturated heterocycles. The van der Waals surface area contributed by atoms with E-state index >= 15 is 0 Å². The number of pyridine rings is 1. The lowest BCUT2D eigenvalue weighted by Crippen LogP contribution is -2.29. The van der Waals surface area contributed by atoms with E-state index in [1.165, 1.54) is 0 Å². The molecule has 0 spiro atoms. The lowest BCUT2D eigenvalue weighted by Gasteiger charge is -2.37. The summed E-state index contributed by atoms with van der Waals surface area (Å²) in [6.07, 6.45) is 7.19. The van der Waals surface area contributed by atoms with Crippen molar-refractivity contribution in [1.82, 2.24) is 4.98 Å². The van der Waals surface area contributed by atoms with E-state index in [9.17, 15) is 9.90 Å². The maximum Gasteiger partial charge on any atom is 0.335 e. The number of hydrogen-bond acceptors (Lipinski definition) is 3. The number of carbonyl (C=O) groups is 1. The first-order valence-electron chi connectivity index (χ1n) is 7.45. The molecular formula is C18H16N2O2. The molecule has 0 fully saturated rings. The number of aromatic carboxylic acids is 1. The van der Waals surface area contributed by atoms with Crippen molar-refractivity contribution in [2.24, 2.45) is 5.92 Å². The van der Waals surface area contributed by atoms with Crippen molar-refractivity contribution >= 4 is 11.7 Å². The van der Waals surface area contributed by atoms with Crippen molar-refractivity contribution in [3.63, 3.8) is 0 Å². The molecule has 4 nitrogen and oxygen atoms in total. The topological polar surface area (TPSA) is 62.2 Å². The van der Waals surface area contributed by atoms with Crippen LogP contribution in [0.3, 0.4) is 0 Å². The molecule has 1 aromatic carbocycles. The van der Waals surface area contributed by atoms with Crippen molar-refractivity contribution in [2.75, 3.05) is 5.32 Å². The van der Waals surface area contributed by atoms with Crippen LogP contribution < -0.4 is 5.32 Å². The van der Waals surface area contributed by atoms with Crippen molar-refractivity contribution in [1.29, 1.82) is 0 Å². The Hall–Kier alpha value is -2.62. The molecule has 110 valence electrons. The van der Waals surface area contributed by atoms with Gasteiger partial charge in [0.2, 0.25) is 0 Å². The Morgan fingerprint density at radius 1 is 1.27 bits per heavy atom. The van der Waals surface area contributed by atoms with E-state index in [0.29, 0.717) is 11.5 Å². The van der Waals surface area contributed by atoms with E-state index in [1.807, 2.05) is 30.5 Å². The highest BCUT2D eigenvalue weighted by Crippen LogP contribution is 2.49. The smallest absolute Gasteiger partial charge is 0.335 e. The predicted molar refractivity (Wildman–Crippen MR) is 84.0 cm³/mol. The first-order chi connectivity index (χ1) is 10.7. The van der Waals surface area contributed by atoms with Crippen LogP contribution in [0.4, 0.5) is 5.69 Å². The van der Waals surface area contributed by atoms with Crippen LogP contribution in [-0.4, -0.2) is 16.1 Å². The SMILES string of the molecule is O=C(O)c1ccc2c(c1)[C@@H]1C=CC[C@H]1[C@H](c1ccccn1)N2. The molecule has 1 aliphatic carbocycles. The number of benzene rings is 1. The number of rotatable bonds is 2. The number of anilines is 1. The number of hydrogen-bond donors (Lipinski definition) is 2. The van der Waals surface area contributed by atoms with Gasteiger partial charge in [0.1, 0.15) is 0 Å². The van der Waals surface area contributed by atoms with Gasteiger partial charge in [-0.3, -0.25) is 4.98 Å². The van der Waals surface area contributed by atoms with Gasteiger partial charge in [0.15, 0.2) is 0 Å². The average molecular weight is 292 g/mol. The van der Waals surface area contributed by atoms with E-state index in [-0.39, 0.29) is 12.0 Å². The summed E-state index contributed by atoms with van der Waals surface area (Å²) in [4.78, 5) is 15.7. The van der Waals surface area contributed by atoms with Gasteiger partial charge in [0.25, 0.3) is 0 Å². The molecule has 3 atom stereocenters. The molecule has 2 aliphatic rings. The number of nitrogens with zero attached hydrogens (tertiary/aromatic N) is 1. The van der Waals surface area contributed by atoms with Gasteiger partial charge in [-0.1, -0.05) is 18.2 Å². The Labute approximate surface area is 128 Å². The summed E-state index contributed by atoms with van der Waals surface area (Å²) in [5.74, 6) is -0.248. The average Bonchev–Trinajstić information content (AvgIpc) is 3.04. The minimum absolute atomic E-state index is 0.157. The first kappa shape index (κ1) is 13.1. The van der Waals surface area contributed by atoms with Crippen molar-refractivity contribution in [3.05, 3.63) is 71.6 Å². The molecule has 1 aromatic heterocycles. The van der Waals surface area contributed by atoms with Crippen molar-refractivity contribution < 1.29 is 9.90 Å².